The average molecular weight is 481 g/mol. The van der Waals surface area contributed by atoms with E-state index in [-0.39, 0.29) is 28.7 Å². The molecule has 1 amide bonds. The molecule has 0 unspecified atom stereocenters. The lowest BCUT2D eigenvalue weighted by Gasteiger charge is -2.31. The van der Waals surface area contributed by atoms with Crippen molar-refractivity contribution >= 4 is 11.7 Å². The molecule has 0 aromatic rings. The van der Waals surface area contributed by atoms with Gasteiger partial charge in [0.25, 0.3) is 0 Å². The standard InChI is InChI=1S/C30H60N2O2/c1-8-9-10-11-12-13-14-15-16-17-18-19-20-24-27(33)31-25-22-21-23-26(32-30(5,6)7)28(34)29(2,3)4/h26,32H,8-25H2,1-7H3,(H,31,33)/t26-/m0/s1. The molecule has 0 bridgehead atoms. The Bertz CT molecular complexity index is 517. The Balaban J connectivity index is 3.72. The van der Waals surface area contributed by atoms with E-state index in [1.54, 1.807) is 0 Å². The van der Waals surface area contributed by atoms with Crippen molar-refractivity contribution in [1.82, 2.24) is 10.6 Å². The lowest BCUT2D eigenvalue weighted by atomic mass is 9.84. The maximum absolute atomic E-state index is 12.8. The number of rotatable bonds is 21. The highest BCUT2D eigenvalue weighted by atomic mass is 16.1. The van der Waals surface area contributed by atoms with E-state index in [9.17, 15) is 9.59 Å². The summed E-state index contributed by atoms with van der Waals surface area (Å²) in [6, 6.07) is -0.124. The zero-order valence-corrected chi connectivity index (χ0v) is 24.1. The molecular weight excluding hydrogens is 420 g/mol. The normalized spacial score (nSPS) is 13.1. The van der Waals surface area contributed by atoms with Crippen LogP contribution in [0.3, 0.4) is 0 Å². The number of carbonyl (C=O) groups is 2. The first-order valence-electron chi connectivity index (χ1n) is 14.6. The molecule has 0 heterocycles. The van der Waals surface area contributed by atoms with Crippen molar-refractivity contribution < 1.29 is 9.59 Å². The van der Waals surface area contributed by atoms with E-state index in [2.05, 4.69) is 38.3 Å². The third-order valence-corrected chi connectivity index (χ3v) is 6.41. The van der Waals surface area contributed by atoms with Crippen molar-refractivity contribution in [2.45, 2.75) is 169 Å². The maximum atomic E-state index is 12.8. The quantitative estimate of drug-likeness (QED) is 0.163. The first kappa shape index (κ1) is 33.1. The summed E-state index contributed by atoms with van der Waals surface area (Å²) in [5.74, 6) is 0.451. The zero-order valence-electron chi connectivity index (χ0n) is 24.1. The number of hydrogen-bond acceptors (Lipinski definition) is 3. The van der Waals surface area contributed by atoms with Crippen LogP contribution < -0.4 is 10.6 Å². The van der Waals surface area contributed by atoms with Gasteiger partial charge in [0.1, 0.15) is 0 Å². The fourth-order valence-corrected chi connectivity index (χ4v) is 4.41. The van der Waals surface area contributed by atoms with E-state index in [1.165, 1.54) is 77.0 Å². The molecule has 0 aliphatic heterocycles. The molecule has 202 valence electrons. The molecule has 0 fully saturated rings. The Morgan fingerprint density at radius 3 is 1.56 bits per heavy atom. The van der Waals surface area contributed by atoms with E-state index in [4.69, 9.17) is 0 Å². The summed E-state index contributed by atoms with van der Waals surface area (Å²) in [5.41, 5.74) is -0.432. The van der Waals surface area contributed by atoms with Crippen LogP contribution in [0.25, 0.3) is 0 Å². The van der Waals surface area contributed by atoms with Crippen molar-refractivity contribution in [3.63, 3.8) is 0 Å². The second-order valence-corrected chi connectivity index (χ2v) is 12.4. The second kappa shape index (κ2) is 19.3. The first-order chi connectivity index (χ1) is 16.0. The highest BCUT2D eigenvalue weighted by Crippen LogP contribution is 2.21. The van der Waals surface area contributed by atoms with Gasteiger partial charge in [-0.1, -0.05) is 105 Å². The number of unbranched alkanes of at least 4 members (excludes halogenated alkanes) is 13. The van der Waals surface area contributed by atoms with Gasteiger partial charge in [0.15, 0.2) is 5.78 Å². The molecule has 1 atom stereocenters. The van der Waals surface area contributed by atoms with Gasteiger partial charge in [0.05, 0.1) is 6.04 Å². The van der Waals surface area contributed by atoms with Crippen LogP contribution in [0.4, 0.5) is 0 Å². The second-order valence-electron chi connectivity index (χ2n) is 12.4. The van der Waals surface area contributed by atoms with Gasteiger partial charge in [-0.2, -0.15) is 0 Å². The smallest absolute Gasteiger partial charge is 0.219 e. The van der Waals surface area contributed by atoms with Crippen molar-refractivity contribution in [3.05, 3.63) is 0 Å². The molecule has 0 radical (unpaired) electrons. The minimum Gasteiger partial charge on any atom is -0.356 e. The molecule has 0 saturated carbocycles. The van der Waals surface area contributed by atoms with E-state index in [0.29, 0.717) is 13.0 Å². The fraction of sp³-hybridized carbons (Fsp3) is 0.933. The molecule has 0 rings (SSSR count). The van der Waals surface area contributed by atoms with E-state index < -0.39 is 0 Å². The maximum Gasteiger partial charge on any atom is 0.219 e. The van der Waals surface area contributed by atoms with Crippen LogP contribution in [0, 0.1) is 5.41 Å². The molecule has 0 saturated heterocycles. The predicted octanol–water partition coefficient (Wildman–Crippen LogP) is 8.13. The van der Waals surface area contributed by atoms with Crippen molar-refractivity contribution in [3.8, 4) is 0 Å². The summed E-state index contributed by atoms with van der Waals surface area (Å²) in [6.45, 7) is 15.3. The van der Waals surface area contributed by atoms with Gasteiger partial charge in [-0.05, 0) is 46.5 Å². The van der Waals surface area contributed by atoms with Crippen LogP contribution in [0.2, 0.25) is 0 Å². The minimum absolute atomic E-state index is 0.0896. The van der Waals surface area contributed by atoms with Crippen LogP contribution in [0.15, 0.2) is 0 Å². The Morgan fingerprint density at radius 2 is 1.12 bits per heavy atom. The van der Waals surface area contributed by atoms with E-state index >= 15 is 0 Å². The van der Waals surface area contributed by atoms with Crippen LogP contribution in [-0.2, 0) is 9.59 Å². The highest BCUT2D eigenvalue weighted by Gasteiger charge is 2.31. The van der Waals surface area contributed by atoms with Gasteiger partial charge in [-0.25, -0.2) is 0 Å². The Hall–Kier alpha value is -0.900. The van der Waals surface area contributed by atoms with E-state index in [0.717, 1.165) is 25.7 Å². The largest absolute Gasteiger partial charge is 0.356 e. The summed E-state index contributed by atoms with van der Waals surface area (Å²) in [4.78, 5) is 24.9. The number of nitrogens with one attached hydrogen (secondary N) is 2. The molecule has 4 heteroatoms. The van der Waals surface area contributed by atoms with Gasteiger partial charge in [0.2, 0.25) is 5.91 Å². The summed E-state index contributed by atoms with van der Waals surface area (Å²) < 4.78 is 0. The molecule has 2 N–H and O–H groups in total. The minimum atomic E-state index is -0.342. The van der Waals surface area contributed by atoms with Gasteiger partial charge < -0.3 is 10.6 Å². The third-order valence-electron chi connectivity index (χ3n) is 6.41. The fourth-order valence-electron chi connectivity index (χ4n) is 4.41. The van der Waals surface area contributed by atoms with Crippen molar-refractivity contribution in [1.29, 1.82) is 0 Å². The lowest BCUT2D eigenvalue weighted by molar-refractivity contribution is -0.129. The third kappa shape index (κ3) is 20.5. The molecule has 0 aromatic carbocycles. The summed E-state index contributed by atoms with van der Waals surface area (Å²) in [6.07, 6.45) is 20.6. The van der Waals surface area contributed by atoms with Gasteiger partial charge in [-0.3, -0.25) is 9.59 Å². The van der Waals surface area contributed by atoms with Crippen LogP contribution >= 0.6 is 0 Å². The van der Waals surface area contributed by atoms with Gasteiger partial charge in [0, 0.05) is 23.9 Å². The van der Waals surface area contributed by atoms with Crippen molar-refractivity contribution in [2.75, 3.05) is 6.54 Å². The number of ketones is 1. The number of hydrogen-bond donors (Lipinski definition) is 2. The topological polar surface area (TPSA) is 58.2 Å². The predicted molar refractivity (Wildman–Crippen MR) is 148 cm³/mol. The molecular formula is C30H60N2O2. The zero-order chi connectivity index (χ0) is 25.9. The van der Waals surface area contributed by atoms with Gasteiger partial charge >= 0.3 is 0 Å². The SMILES string of the molecule is CCCCCCCCCCCCCCCC(=O)NCCCC[C@H](NC(C)(C)C)C(=O)C(C)(C)C. The average Bonchev–Trinajstić information content (AvgIpc) is 2.74. The monoisotopic (exact) mass is 480 g/mol. The van der Waals surface area contributed by atoms with E-state index in [1.807, 2.05) is 20.8 Å². The number of Topliss-reactive ketones (excluding diaryl/α,β-unsaturated/α-hetero) is 1. The molecule has 0 spiro atoms. The Morgan fingerprint density at radius 1 is 0.647 bits per heavy atom. The highest BCUT2D eigenvalue weighted by molar-refractivity contribution is 5.88. The number of amides is 1. The summed E-state index contributed by atoms with van der Waals surface area (Å²) in [5, 5.41) is 6.56. The Labute approximate surface area is 213 Å². The number of carbonyl (C=O) groups excluding carboxylic acids is 2. The summed E-state index contributed by atoms with van der Waals surface area (Å²) >= 11 is 0. The lowest BCUT2D eigenvalue weighted by Crippen LogP contribution is -2.50. The molecule has 4 nitrogen and oxygen atoms in total. The summed E-state index contributed by atoms with van der Waals surface area (Å²) in [7, 11) is 0. The van der Waals surface area contributed by atoms with Crippen LogP contribution in [0.5, 0.6) is 0 Å². The molecule has 0 aromatic heterocycles. The van der Waals surface area contributed by atoms with Gasteiger partial charge in [-0.15, -0.1) is 0 Å². The Kier molecular flexibility index (Phi) is 18.8. The van der Waals surface area contributed by atoms with Crippen LogP contribution in [-0.4, -0.2) is 29.8 Å². The van der Waals surface area contributed by atoms with Crippen molar-refractivity contribution in [2.24, 2.45) is 5.41 Å². The molecule has 0 aliphatic carbocycles. The first-order valence-corrected chi connectivity index (χ1v) is 14.6. The molecule has 0 aliphatic rings. The molecule has 34 heavy (non-hydrogen) atoms. The van der Waals surface area contributed by atoms with Crippen LogP contribution in [0.1, 0.15) is 158 Å².